The lowest BCUT2D eigenvalue weighted by molar-refractivity contribution is 0.0697. The number of likely N-dealkylation sites (tertiary alicyclic amines) is 1. The van der Waals surface area contributed by atoms with E-state index in [1.54, 1.807) is 0 Å². The Morgan fingerprint density at radius 2 is 1.79 bits per heavy atom. The summed E-state index contributed by atoms with van der Waals surface area (Å²) in [6.07, 6.45) is 1.52. The molecule has 3 heterocycles. The van der Waals surface area contributed by atoms with Crippen LogP contribution in [0.15, 0.2) is 59.4 Å². The zero-order valence-corrected chi connectivity index (χ0v) is 16.3. The zero-order valence-electron chi connectivity index (χ0n) is 16.3. The maximum Gasteiger partial charge on any atom is 0.326 e. The van der Waals surface area contributed by atoms with Crippen molar-refractivity contribution in [1.82, 2.24) is 19.4 Å². The van der Waals surface area contributed by atoms with Crippen LogP contribution in [0.3, 0.4) is 0 Å². The number of hydrogen-bond acceptors (Lipinski definition) is 3. The van der Waals surface area contributed by atoms with Crippen LogP contribution < -0.4 is 5.69 Å². The number of piperidine rings is 1. The van der Waals surface area contributed by atoms with Crippen molar-refractivity contribution in [2.24, 2.45) is 0 Å². The van der Waals surface area contributed by atoms with Gasteiger partial charge in [-0.2, -0.15) is 0 Å². The van der Waals surface area contributed by atoms with Gasteiger partial charge in [-0.1, -0.05) is 30.3 Å². The molecular weight excluding hydrogens is 364 g/mol. The molecule has 4 aromatic rings. The highest BCUT2D eigenvalue weighted by Gasteiger charge is 2.27. The van der Waals surface area contributed by atoms with Crippen LogP contribution in [0.2, 0.25) is 0 Å². The fraction of sp³-hybridized carbons (Fsp3) is 0.261. The van der Waals surface area contributed by atoms with E-state index < -0.39 is 0 Å². The predicted octanol–water partition coefficient (Wildman–Crippen LogP) is 3.66. The van der Waals surface area contributed by atoms with E-state index in [0.29, 0.717) is 18.7 Å². The molecule has 146 valence electrons. The highest BCUT2D eigenvalue weighted by Crippen LogP contribution is 2.27. The summed E-state index contributed by atoms with van der Waals surface area (Å²) in [5.41, 5.74) is 4.10. The maximum absolute atomic E-state index is 13.3. The first-order valence-electron chi connectivity index (χ1n) is 9.97. The second kappa shape index (κ2) is 6.88. The normalized spacial score (nSPS) is 15.3. The average molecular weight is 386 g/mol. The van der Waals surface area contributed by atoms with Gasteiger partial charge in [0.2, 0.25) is 0 Å². The number of fused-ring (bicyclic) bond motifs is 2. The summed E-state index contributed by atoms with van der Waals surface area (Å²) in [6.45, 7) is 3.18. The van der Waals surface area contributed by atoms with Crippen LogP contribution in [0.5, 0.6) is 0 Å². The number of carbonyl (C=O) groups excluding carboxylic acids is 1. The Labute approximate surface area is 167 Å². The molecule has 6 heteroatoms. The van der Waals surface area contributed by atoms with Gasteiger partial charge < -0.3 is 9.88 Å². The van der Waals surface area contributed by atoms with Crippen molar-refractivity contribution >= 4 is 27.8 Å². The molecule has 0 atom stereocenters. The van der Waals surface area contributed by atoms with Crippen LogP contribution >= 0.6 is 0 Å². The lowest BCUT2D eigenvalue weighted by atomic mass is 10.0. The molecule has 0 radical (unpaired) electrons. The van der Waals surface area contributed by atoms with Crippen LogP contribution in [0.4, 0.5) is 0 Å². The van der Waals surface area contributed by atoms with E-state index in [0.717, 1.165) is 40.5 Å². The number of para-hydroxylation sites is 3. The summed E-state index contributed by atoms with van der Waals surface area (Å²) in [4.78, 5) is 35.1. The predicted molar refractivity (Wildman–Crippen MR) is 113 cm³/mol. The van der Waals surface area contributed by atoms with Crippen molar-refractivity contribution < 1.29 is 4.79 Å². The maximum atomic E-state index is 13.3. The van der Waals surface area contributed by atoms with Crippen molar-refractivity contribution in [1.29, 1.82) is 0 Å². The third-order valence-electron chi connectivity index (χ3n) is 5.82. The first-order chi connectivity index (χ1) is 14.1. The van der Waals surface area contributed by atoms with Crippen molar-refractivity contribution in [3.8, 4) is 0 Å². The van der Waals surface area contributed by atoms with E-state index >= 15 is 0 Å². The van der Waals surface area contributed by atoms with Gasteiger partial charge in [0.25, 0.3) is 5.91 Å². The minimum absolute atomic E-state index is 0.0384. The zero-order chi connectivity index (χ0) is 20.0. The third kappa shape index (κ3) is 3.01. The Hall–Kier alpha value is -3.41. The van der Waals surface area contributed by atoms with Crippen LogP contribution in [0, 0.1) is 6.92 Å². The van der Waals surface area contributed by atoms with Crippen molar-refractivity contribution in [3.63, 3.8) is 0 Å². The van der Waals surface area contributed by atoms with Gasteiger partial charge in [-0.05, 0) is 44.0 Å². The highest BCUT2D eigenvalue weighted by atomic mass is 16.2. The first kappa shape index (κ1) is 17.7. The Morgan fingerprint density at radius 3 is 2.62 bits per heavy atom. The molecule has 2 aromatic heterocycles. The lowest BCUT2D eigenvalue weighted by Crippen LogP contribution is -2.40. The molecule has 0 unspecified atom stereocenters. The standard InChI is InChI=1S/C23H22N4O2/c1-15-14-18(17-6-2-3-7-19(17)24-15)22(28)26-12-10-16(11-13-26)27-21-9-5-4-8-20(21)25-23(27)29/h2-9,14,16H,10-13H2,1H3,(H,25,29). The molecule has 2 aromatic carbocycles. The second-order valence-corrected chi connectivity index (χ2v) is 7.67. The van der Waals surface area contributed by atoms with E-state index in [1.165, 1.54) is 0 Å². The number of imidazole rings is 1. The van der Waals surface area contributed by atoms with E-state index in [-0.39, 0.29) is 17.6 Å². The molecule has 5 rings (SSSR count). The van der Waals surface area contributed by atoms with Crippen LogP contribution in [-0.4, -0.2) is 38.4 Å². The lowest BCUT2D eigenvalue weighted by Gasteiger charge is -2.33. The number of H-pyrrole nitrogens is 1. The Balaban J connectivity index is 1.40. The smallest absolute Gasteiger partial charge is 0.326 e. The highest BCUT2D eigenvalue weighted by molar-refractivity contribution is 6.06. The SMILES string of the molecule is Cc1cc(C(=O)N2CCC(n3c(=O)[nH]c4ccccc43)CC2)c2ccccc2n1. The number of nitrogens with one attached hydrogen (secondary N) is 1. The molecular formula is C23H22N4O2. The van der Waals surface area contributed by atoms with Crippen molar-refractivity contribution in [3.05, 3.63) is 76.3 Å². The molecule has 1 fully saturated rings. The van der Waals surface area contributed by atoms with Crippen LogP contribution in [0.1, 0.15) is 34.9 Å². The number of hydrogen-bond donors (Lipinski definition) is 1. The number of nitrogens with zero attached hydrogens (tertiary/aromatic N) is 3. The Bertz CT molecular complexity index is 1280. The molecule has 1 aliphatic heterocycles. The fourth-order valence-corrected chi connectivity index (χ4v) is 4.42. The monoisotopic (exact) mass is 386 g/mol. The topological polar surface area (TPSA) is 71.0 Å². The van der Waals surface area contributed by atoms with Gasteiger partial charge in [0, 0.05) is 30.2 Å². The summed E-state index contributed by atoms with van der Waals surface area (Å²) in [5.74, 6) is 0.0384. The van der Waals surface area contributed by atoms with Gasteiger partial charge in [-0.25, -0.2) is 4.79 Å². The molecule has 1 amide bonds. The second-order valence-electron chi connectivity index (χ2n) is 7.67. The van der Waals surface area contributed by atoms with Crippen LogP contribution in [-0.2, 0) is 0 Å². The number of amides is 1. The number of aryl methyl sites for hydroxylation is 1. The van der Waals surface area contributed by atoms with Crippen LogP contribution in [0.25, 0.3) is 21.9 Å². The van der Waals surface area contributed by atoms with Gasteiger partial charge in [-0.15, -0.1) is 0 Å². The number of rotatable bonds is 2. The van der Waals surface area contributed by atoms with E-state index in [4.69, 9.17) is 0 Å². The molecule has 1 N–H and O–H groups in total. The van der Waals surface area contributed by atoms with E-state index in [1.807, 2.05) is 71.0 Å². The summed E-state index contributed by atoms with van der Waals surface area (Å²) in [6, 6.07) is 17.5. The van der Waals surface area contributed by atoms with Gasteiger partial charge >= 0.3 is 5.69 Å². The molecule has 0 aliphatic carbocycles. The Kier molecular flexibility index (Phi) is 4.19. The minimum atomic E-state index is -0.0771. The number of benzene rings is 2. The van der Waals surface area contributed by atoms with Crippen molar-refractivity contribution in [2.75, 3.05) is 13.1 Å². The molecule has 0 saturated carbocycles. The molecule has 0 bridgehead atoms. The Morgan fingerprint density at radius 1 is 1.07 bits per heavy atom. The summed E-state index contributed by atoms with van der Waals surface area (Å²) in [5, 5.41) is 0.887. The van der Waals surface area contributed by atoms with Gasteiger partial charge in [0.05, 0.1) is 22.1 Å². The van der Waals surface area contributed by atoms with Gasteiger partial charge in [0.1, 0.15) is 0 Å². The third-order valence-corrected chi connectivity index (χ3v) is 5.82. The molecule has 6 nitrogen and oxygen atoms in total. The number of carbonyl (C=O) groups is 1. The molecule has 1 saturated heterocycles. The van der Waals surface area contributed by atoms with Crippen molar-refractivity contribution in [2.45, 2.75) is 25.8 Å². The first-order valence-corrected chi connectivity index (χ1v) is 9.97. The summed E-state index contributed by atoms with van der Waals surface area (Å²) >= 11 is 0. The minimum Gasteiger partial charge on any atom is -0.338 e. The number of aromatic amines is 1. The average Bonchev–Trinajstić information content (AvgIpc) is 3.08. The van der Waals surface area contributed by atoms with Gasteiger partial charge in [-0.3, -0.25) is 14.3 Å². The van der Waals surface area contributed by atoms with Gasteiger partial charge in [0.15, 0.2) is 0 Å². The molecule has 1 aliphatic rings. The molecule has 29 heavy (non-hydrogen) atoms. The summed E-state index contributed by atoms with van der Waals surface area (Å²) in [7, 11) is 0. The largest absolute Gasteiger partial charge is 0.338 e. The number of aromatic nitrogens is 3. The molecule has 0 spiro atoms. The summed E-state index contributed by atoms with van der Waals surface area (Å²) < 4.78 is 1.85. The quantitative estimate of drug-likeness (QED) is 0.571. The number of pyridine rings is 1. The van der Waals surface area contributed by atoms with E-state index in [2.05, 4.69) is 9.97 Å². The fourth-order valence-electron chi connectivity index (χ4n) is 4.42. The van der Waals surface area contributed by atoms with E-state index in [9.17, 15) is 9.59 Å².